The first-order valence-corrected chi connectivity index (χ1v) is 3.43. The van der Waals surface area contributed by atoms with Crippen LogP contribution in [0.2, 0.25) is 0 Å². The summed E-state index contributed by atoms with van der Waals surface area (Å²) in [7, 11) is 0. The van der Waals surface area contributed by atoms with Gasteiger partial charge in [0, 0.05) is 0 Å². The van der Waals surface area contributed by atoms with Gasteiger partial charge in [0.15, 0.2) is 0 Å². The molecule has 0 radical (unpaired) electrons. The molecular formula is C7H13NO. The second-order valence-electron chi connectivity index (χ2n) is 2.47. The smallest absolute Gasteiger partial charge is 0.124 e. The predicted molar refractivity (Wildman–Crippen MR) is 36.7 cm³/mol. The van der Waals surface area contributed by atoms with Crippen molar-refractivity contribution in [2.75, 3.05) is 0 Å². The summed E-state index contributed by atoms with van der Waals surface area (Å²) in [4.78, 5) is 0. The molecule has 0 bridgehead atoms. The molecule has 0 aromatic carbocycles. The van der Waals surface area contributed by atoms with Gasteiger partial charge in [-0.25, -0.2) is 0 Å². The molecule has 2 heteroatoms. The van der Waals surface area contributed by atoms with E-state index in [2.05, 4.69) is 0 Å². The molecule has 1 rings (SSSR count). The first-order valence-electron chi connectivity index (χ1n) is 3.43. The van der Waals surface area contributed by atoms with Gasteiger partial charge in [0.05, 0.1) is 0 Å². The van der Waals surface area contributed by atoms with Gasteiger partial charge in [-0.3, -0.25) is 0 Å². The molecule has 2 nitrogen and oxygen atoms in total. The van der Waals surface area contributed by atoms with Crippen LogP contribution >= 0.6 is 0 Å². The van der Waals surface area contributed by atoms with E-state index in [0.29, 0.717) is 0 Å². The Morgan fingerprint density at radius 1 is 1.56 bits per heavy atom. The number of rotatable bonds is 1. The first kappa shape index (κ1) is 6.78. The Morgan fingerprint density at radius 3 is 2.67 bits per heavy atom. The van der Waals surface area contributed by atoms with Gasteiger partial charge in [-0.05, 0) is 31.3 Å². The second-order valence-corrected chi connectivity index (χ2v) is 2.47. The molecule has 0 aliphatic heterocycles. The lowest BCUT2D eigenvalue weighted by molar-refractivity contribution is 0.212. The number of nitrogens with two attached hydrogens (primary N) is 1. The summed E-state index contributed by atoms with van der Waals surface area (Å²) in [5.41, 5.74) is 6.27. The van der Waals surface area contributed by atoms with Crippen molar-refractivity contribution < 1.29 is 5.11 Å². The Bertz CT molecular complexity index is 118. The highest BCUT2D eigenvalue weighted by atomic mass is 16.3. The summed E-state index contributed by atoms with van der Waals surface area (Å²) in [5, 5.41) is 8.89. The molecule has 0 saturated carbocycles. The van der Waals surface area contributed by atoms with Crippen LogP contribution in [0.15, 0.2) is 11.6 Å². The highest BCUT2D eigenvalue weighted by Crippen LogP contribution is 2.17. The molecule has 0 aromatic rings. The molecule has 0 aromatic heterocycles. The molecule has 0 amide bonds. The molecule has 1 aliphatic carbocycles. The van der Waals surface area contributed by atoms with Crippen LogP contribution in [-0.4, -0.2) is 11.3 Å². The van der Waals surface area contributed by atoms with E-state index in [1.807, 2.05) is 6.08 Å². The van der Waals surface area contributed by atoms with Crippen LogP contribution in [0.5, 0.6) is 0 Å². The molecule has 0 heterocycles. The van der Waals surface area contributed by atoms with Crippen LogP contribution in [0.4, 0.5) is 0 Å². The van der Waals surface area contributed by atoms with Gasteiger partial charge in [0.1, 0.15) is 6.23 Å². The van der Waals surface area contributed by atoms with Crippen molar-refractivity contribution in [3.63, 3.8) is 0 Å². The van der Waals surface area contributed by atoms with Crippen molar-refractivity contribution in [3.05, 3.63) is 11.6 Å². The van der Waals surface area contributed by atoms with E-state index in [1.165, 1.54) is 12.8 Å². The summed E-state index contributed by atoms with van der Waals surface area (Å²) < 4.78 is 0. The zero-order chi connectivity index (χ0) is 6.69. The predicted octanol–water partition coefficient (Wildman–Crippen LogP) is 0.764. The minimum absolute atomic E-state index is 0.703. The average molecular weight is 127 g/mol. The number of aliphatic hydroxyl groups excluding tert-OH is 1. The largest absolute Gasteiger partial charge is 0.375 e. The van der Waals surface area contributed by atoms with E-state index < -0.39 is 6.23 Å². The Kier molecular flexibility index (Phi) is 2.25. The van der Waals surface area contributed by atoms with Crippen molar-refractivity contribution in [1.82, 2.24) is 0 Å². The second kappa shape index (κ2) is 2.99. The first-order chi connectivity index (χ1) is 4.30. The Labute approximate surface area is 55.4 Å². The maximum atomic E-state index is 8.89. The molecular weight excluding hydrogens is 114 g/mol. The minimum atomic E-state index is -0.703. The van der Waals surface area contributed by atoms with Crippen LogP contribution in [0, 0.1) is 0 Å². The summed E-state index contributed by atoms with van der Waals surface area (Å²) in [6, 6.07) is 0. The van der Waals surface area contributed by atoms with Crippen molar-refractivity contribution in [2.45, 2.75) is 31.9 Å². The van der Waals surface area contributed by atoms with E-state index >= 15 is 0 Å². The third-order valence-corrected chi connectivity index (χ3v) is 1.71. The van der Waals surface area contributed by atoms with Gasteiger partial charge in [0.2, 0.25) is 0 Å². The third-order valence-electron chi connectivity index (χ3n) is 1.71. The Hall–Kier alpha value is -0.340. The fourth-order valence-corrected chi connectivity index (χ4v) is 1.13. The van der Waals surface area contributed by atoms with Crippen molar-refractivity contribution in [2.24, 2.45) is 5.73 Å². The van der Waals surface area contributed by atoms with Crippen molar-refractivity contribution >= 4 is 0 Å². The van der Waals surface area contributed by atoms with E-state index in [1.54, 1.807) is 0 Å². The minimum Gasteiger partial charge on any atom is -0.375 e. The number of hydrogen-bond donors (Lipinski definition) is 2. The van der Waals surface area contributed by atoms with E-state index in [-0.39, 0.29) is 0 Å². The van der Waals surface area contributed by atoms with Gasteiger partial charge >= 0.3 is 0 Å². The third kappa shape index (κ3) is 1.80. The molecule has 0 spiro atoms. The summed E-state index contributed by atoms with van der Waals surface area (Å²) in [6.45, 7) is 0. The molecule has 3 N–H and O–H groups in total. The zero-order valence-corrected chi connectivity index (χ0v) is 5.51. The fourth-order valence-electron chi connectivity index (χ4n) is 1.13. The highest BCUT2D eigenvalue weighted by Gasteiger charge is 2.07. The van der Waals surface area contributed by atoms with E-state index in [0.717, 1.165) is 18.4 Å². The quantitative estimate of drug-likeness (QED) is 0.403. The SMILES string of the molecule is NC(O)C1=CCCCC1. The van der Waals surface area contributed by atoms with Gasteiger partial charge in [-0.2, -0.15) is 0 Å². The van der Waals surface area contributed by atoms with E-state index in [4.69, 9.17) is 10.8 Å². The lowest BCUT2D eigenvalue weighted by Gasteiger charge is -2.14. The molecule has 1 aliphatic rings. The van der Waals surface area contributed by atoms with Crippen LogP contribution in [0.25, 0.3) is 0 Å². The topological polar surface area (TPSA) is 46.2 Å². The summed E-state index contributed by atoms with van der Waals surface area (Å²) >= 11 is 0. The lowest BCUT2D eigenvalue weighted by atomic mass is 9.99. The monoisotopic (exact) mass is 127 g/mol. The van der Waals surface area contributed by atoms with Crippen LogP contribution in [0.3, 0.4) is 0 Å². The fraction of sp³-hybridized carbons (Fsp3) is 0.714. The summed E-state index contributed by atoms with van der Waals surface area (Å²) in [6.07, 6.45) is 5.84. The Morgan fingerprint density at radius 2 is 2.33 bits per heavy atom. The normalized spacial score (nSPS) is 23.1. The molecule has 0 fully saturated rings. The molecule has 1 atom stereocenters. The molecule has 52 valence electrons. The number of aliphatic hydroxyl groups is 1. The zero-order valence-electron chi connectivity index (χ0n) is 5.51. The molecule has 1 unspecified atom stereocenters. The lowest BCUT2D eigenvalue weighted by Crippen LogP contribution is -2.22. The van der Waals surface area contributed by atoms with Crippen LogP contribution in [-0.2, 0) is 0 Å². The average Bonchev–Trinajstić information content (AvgIpc) is 1.90. The van der Waals surface area contributed by atoms with E-state index in [9.17, 15) is 0 Å². The Balaban J connectivity index is 2.46. The summed E-state index contributed by atoms with van der Waals surface area (Å²) in [5.74, 6) is 0. The maximum absolute atomic E-state index is 8.89. The van der Waals surface area contributed by atoms with Gasteiger partial charge in [-0.1, -0.05) is 6.08 Å². The van der Waals surface area contributed by atoms with Crippen molar-refractivity contribution in [1.29, 1.82) is 0 Å². The van der Waals surface area contributed by atoms with Crippen LogP contribution < -0.4 is 5.73 Å². The van der Waals surface area contributed by atoms with Gasteiger partial charge in [0.25, 0.3) is 0 Å². The molecule has 0 saturated heterocycles. The van der Waals surface area contributed by atoms with Crippen LogP contribution in [0.1, 0.15) is 25.7 Å². The van der Waals surface area contributed by atoms with Gasteiger partial charge in [-0.15, -0.1) is 0 Å². The number of hydrogen-bond acceptors (Lipinski definition) is 2. The van der Waals surface area contributed by atoms with Gasteiger partial charge < -0.3 is 10.8 Å². The maximum Gasteiger partial charge on any atom is 0.124 e. The highest BCUT2D eigenvalue weighted by molar-refractivity contribution is 5.08. The van der Waals surface area contributed by atoms with Crippen molar-refractivity contribution in [3.8, 4) is 0 Å². The standard InChI is InChI=1S/C7H13NO/c8-7(9)6-4-2-1-3-5-6/h4,7,9H,1-3,5,8H2. The molecule has 9 heavy (non-hydrogen) atoms. The number of allylic oxidation sites excluding steroid dienone is 1.